The van der Waals surface area contributed by atoms with Crippen LogP contribution in [0.2, 0.25) is 0 Å². The Morgan fingerprint density at radius 1 is 0.449 bits per heavy atom. The van der Waals surface area contributed by atoms with Gasteiger partial charge in [-0.25, -0.2) is 0 Å². The van der Waals surface area contributed by atoms with Gasteiger partial charge >= 0.3 is 11.9 Å². The van der Waals surface area contributed by atoms with Gasteiger partial charge in [0.05, 0.1) is 6.61 Å². The van der Waals surface area contributed by atoms with Crippen LogP contribution in [0.25, 0.3) is 0 Å². The Labute approximate surface area is 305 Å². The number of aliphatic hydroxyl groups excluding tert-OH is 1. The smallest absolute Gasteiger partial charge is 0.306 e. The maximum atomic E-state index is 12.2. The summed E-state index contributed by atoms with van der Waals surface area (Å²) in [6, 6.07) is 0. The summed E-state index contributed by atoms with van der Waals surface area (Å²) in [5.74, 6) is -0.579. The van der Waals surface area contributed by atoms with Crippen LogP contribution in [0.4, 0.5) is 0 Å². The average molecular weight is 693 g/mol. The number of aliphatic hydroxyl groups is 1. The van der Waals surface area contributed by atoms with E-state index >= 15 is 0 Å². The lowest BCUT2D eigenvalue weighted by atomic mass is 10.0. The Hall–Kier alpha value is -1.36. The number of carbonyl (C=O) groups is 2. The molecule has 0 heterocycles. The second kappa shape index (κ2) is 41.1. The number of esters is 2. The fourth-order valence-electron chi connectivity index (χ4n) is 6.49. The van der Waals surface area contributed by atoms with Crippen molar-refractivity contribution in [1.29, 1.82) is 0 Å². The van der Waals surface area contributed by atoms with E-state index in [0.29, 0.717) is 12.8 Å². The third-order valence-electron chi connectivity index (χ3n) is 9.81. The Kier molecular flexibility index (Phi) is 39.9. The van der Waals surface area contributed by atoms with Gasteiger partial charge in [0, 0.05) is 12.8 Å². The topological polar surface area (TPSA) is 72.8 Å². The first-order valence-electron chi connectivity index (χ1n) is 21.7. The first-order chi connectivity index (χ1) is 24.1. The van der Waals surface area contributed by atoms with Crippen molar-refractivity contribution in [2.45, 2.75) is 245 Å². The van der Waals surface area contributed by atoms with Gasteiger partial charge in [0.25, 0.3) is 0 Å². The third-order valence-corrected chi connectivity index (χ3v) is 9.81. The molecule has 0 saturated heterocycles. The maximum absolute atomic E-state index is 12.2. The minimum Gasteiger partial charge on any atom is -0.462 e. The van der Waals surface area contributed by atoms with E-state index < -0.39 is 6.10 Å². The van der Waals surface area contributed by atoms with Gasteiger partial charge in [-0.2, -0.15) is 0 Å². The van der Waals surface area contributed by atoms with Gasteiger partial charge < -0.3 is 14.6 Å². The highest BCUT2D eigenvalue weighted by Gasteiger charge is 2.16. The molecule has 0 aromatic carbocycles. The normalized spacial score (nSPS) is 12.1. The first kappa shape index (κ1) is 47.6. The monoisotopic (exact) mass is 693 g/mol. The molecule has 0 radical (unpaired) electrons. The van der Waals surface area contributed by atoms with Gasteiger partial charge in [0.2, 0.25) is 0 Å². The molecule has 290 valence electrons. The van der Waals surface area contributed by atoms with E-state index in [-0.39, 0.29) is 25.2 Å². The number of allylic oxidation sites excluding steroid dienone is 2. The molecule has 0 amide bonds. The van der Waals surface area contributed by atoms with Crippen LogP contribution in [-0.4, -0.2) is 36.4 Å². The quantitative estimate of drug-likeness (QED) is 0.0393. The summed E-state index contributed by atoms with van der Waals surface area (Å²) in [4.78, 5) is 24.3. The van der Waals surface area contributed by atoms with E-state index in [1.165, 1.54) is 173 Å². The molecule has 0 spiro atoms. The largest absolute Gasteiger partial charge is 0.462 e. The molecule has 0 aromatic heterocycles. The van der Waals surface area contributed by atoms with Crippen molar-refractivity contribution < 1.29 is 24.2 Å². The van der Waals surface area contributed by atoms with Crippen LogP contribution in [-0.2, 0) is 19.1 Å². The summed E-state index contributed by atoms with van der Waals surface area (Å²) in [7, 11) is 0. The Morgan fingerprint density at radius 2 is 0.755 bits per heavy atom. The van der Waals surface area contributed by atoms with Crippen molar-refractivity contribution >= 4 is 11.9 Å². The number of carbonyl (C=O) groups excluding carboxylic acids is 2. The molecular weight excluding hydrogens is 608 g/mol. The van der Waals surface area contributed by atoms with Crippen LogP contribution in [0, 0.1) is 0 Å². The molecule has 1 atom stereocenters. The van der Waals surface area contributed by atoms with Crippen LogP contribution < -0.4 is 0 Å². The predicted molar refractivity (Wildman–Crippen MR) is 210 cm³/mol. The van der Waals surface area contributed by atoms with Crippen molar-refractivity contribution in [3.8, 4) is 0 Å². The Bertz CT molecular complexity index is 705. The lowest BCUT2D eigenvalue weighted by Gasteiger charge is -2.15. The van der Waals surface area contributed by atoms with Crippen molar-refractivity contribution in [2.75, 3.05) is 13.2 Å². The highest BCUT2D eigenvalue weighted by atomic mass is 16.6. The standard InChI is InChI=1S/C44H84O5/c1-3-5-7-9-11-13-15-17-19-21-22-23-25-26-28-30-32-34-36-38-43(46)48-41-42(40-45)49-44(47)39-37-35-33-31-29-27-24-20-18-16-14-12-10-8-6-4-2/h17,19,42,45H,3-16,18,20-41H2,1-2H3/b19-17+/t42-/m0/s1. The summed E-state index contributed by atoms with van der Waals surface area (Å²) >= 11 is 0. The molecule has 0 rings (SSSR count). The van der Waals surface area contributed by atoms with Crippen LogP contribution >= 0.6 is 0 Å². The molecule has 0 aromatic rings. The van der Waals surface area contributed by atoms with Crippen molar-refractivity contribution in [2.24, 2.45) is 0 Å². The van der Waals surface area contributed by atoms with E-state index in [1.807, 2.05) is 0 Å². The van der Waals surface area contributed by atoms with Crippen LogP contribution in [0.3, 0.4) is 0 Å². The van der Waals surface area contributed by atoms with Gasteiger partial charge in [-0.15, -0.1) is 0 Å². The zero-order valence-electron chi connectivity index (χ0n) is 33.0. The minimum atomic E-state index is -0.765. The van der Waals surface area contributed by atoms with Crippen LogP contribution in [0.1, 0.15) is 239 Å². The second-order valence-electron chi connectivity index (χ2n) is 14.8. The summed E-state index contributed by atoms with van der Waals surface area (Å²) in [5, 5.41) is 9.57. The summed E-state index contributed by atoms with van der Waals surface area (Å²) < 4.78 is 10.6. The van der Waals surface area contributed by atoms with E-state index in [0.717, 1.165) is 38.5 Å². The lowest BCUT2D eigenvalue weighted by Crippen LogP contribution is -2.28. The first-order valence-corrected chi connectivity index (χ1v) is 21.7. The number of rotatable bonds is 40. The number of ether oxygens (including phenoxy) is 2. The Balaban J connectivity index is 3.49. The van der Waals surface area contributed by atoms with E-state index in [2.05, 4.69) is 26.0 Å². The van der Waals surface area contributed by atoms with Crippen LogP contribution in [0.15, 0.2) is 12.2 Å². The van der Waals surface area contributed by atoms with E-state index in [4.69, 9.17) is 9.47 Å². The lowest BCUT2D eigenvalue weighted by molar-refractivity contribution is -0.161. The molecule has 5 nitrogen and oxygen atoms in total. The zero-order valence-corrected chi connectivity index (χ0v) is 33.0. The van der Waals surface area contributed by atoms with E-state index in [9.17, 15) is 14.7 Å². The van der Waals surface area contributed by atoms with Crippen molar-refractivity contribution in [1.82, 2.24) is 0 Å². The fraction of sp³-hybridized carbons (Fsp3) is 0.909. The molecule has 5 heteroatoms. The number of hydrogen-bond acceptors (Lipinski definition) is 5. The summed E-state index contributed by atoms with van der Waals surface area (Å²) in [5.41, 5.74) is 0. The molecule has 0 aliphatic heterocycles. The Morgan fingerprint density at radius 3 is 1.10 bits per heavy atom. The third kappa shape index (κ3) is 39.3. The summed E-state index contributed by atoms with van der Waals surface area (Å²) in [6.07, 6.45) is 47.1. The SMILES string of the molecule is CCCCCCCC/C=C/CCCCCCCCCCCC(=O)OC[C@H](CO)OC(=O)CCCCCCCCCCCCCCCCCC. The number of hydrogen-bond donors (Lipinski definition) is 1. The van der Waals surface area contributed by atoms with Crippen LogP contribution in [0.5, 0.6) is 0 Å². The predicted octanol–water partition coefficient (Wildman–Crippen LogP) is 13.7. The molecular formula is C44H84O5. The molecule has 0 aliphatic carbocycles. The summed E-state index contributed by atoms with van der Waals surface area (Å²) in [6.45, 7) is 4.16. The molecule has 0 fully saturated rings. The maximum Gasteiger partial charge on any atom is 0.306 e. The van der Waals surface area contributed by atoms with Gasteiger partial charge in [-0.1, -0.05) is 199 Å². The molecule has 1 N–H and O–H groups in total. The highest BCUT2D eigenvalue weighted by Crippen LogP contribution is 2.15. The zero-order chi connectivity index (χ0) is 35.7. The van der Waals surface area contributed by atoms with Gasteiger partial charge in [-0.05, 0) is 38.5 Å². The average Bonchev–Trinajstić information content (AvgIpc) is 3.10. The number of unbranched alkanes of at least 4 members (excludes halogenated alkanes) is 30. The molecule has 0 aliphatic rings. The van der Waals surface area contributed by atoms with Gasteiger partial charge in [0.15, 0.2) is 6.10 Å². The molecule has 49 heavy (non-hydrogen) atoms. The fourth-order valence-corrected chi connectivity index (χ4v) is 6.49. The second-order valence-corrected chi connectivity index (χ2v) is 14.8. The molecule has 0 saturated carbocycles. The minimum absolute atomic E-state index is 0.0606. The molecule has 0 bridgehead atoms. The highest BCUT2D eigenvalue weighted by molar-refractivity contribution is 5.70. The molecule has 0 unspecified atom stereocenters. The van der Waals surface area contributed by atoms with Crippen molar-refractivity contribution in [3.05, 3.63) is 12.2 Å². The van der Waals surface area contributed by atoms with E-state index in [1.54, 1.807) is 0 Å². The van der Waals surface area contributed by atoms with Gasteiger partial charge in [-0.3, -0.25) is 9.59 Å². The van der Waals surface area contributed by atoms with Gasteiger partial charge in [0.1, 0.15) is 6.61 Å². The van der Waals surface area contributed by atoms with Crippen molar-refractivity contribution in [3.63, 3.8) is 0 Å².